The van der Waals surface area contributed by atoms with Crippen LogP contribution >= 0.6 is 11.6 Å². The topological polar surface area (TPSA) is 33.4 Å². The maximum Gasteiger partial charge on any atom is 0.137 e. The minimum Gasteiger partial charge on any atom is -0.458 e. The molecule has 2 unspecified atom stereocenters. The molecule has 1 aliphatic carbocycles. The Kier molecular flexibility index (Phi) is 2.74. The largest absolute Gasteiger partial charge is 0.458 e. The molecule has 1 aliphatic rings. The third kappa shape index (κ3) is 2.07. The molecule has 0 amide bonds. The minimum atomic E-state index is -0.866. The molecule has 1 aromatic carbocycles. The van der Waals surface area contributed by atoms with Crippen LogP contribution in [0.4, 0.5) is 0 Å². The first-order valence-corrected chi connectivity index (χ1v) is 7.10. The molecule has 0 saturated heterocycles. The molecule has 0 aliphatic heterocycles. The Bertz CT molecular complexity index is 629. The Labute approximate surface area is 118 Å². The number of fused-ring (bicyclic) bond motifs is 1. The minimum absolute atomic E-state index is 0.144. The first-order chi connectivity index (χ1) is 8.80. The van der Waals surface area contributed by atoms with Gasteiger partial charge in [0.15, 0.2) is 0 Å². The molecule has 2 nitrogen and oxygen atoms in total. The molecule has 1 aromatic heterocycles. The van der Waals surface area contributed by atoms with Gasteiger partial charge in [-0.05, 0) is 48.4 Å². The summed E-state index contributed by atoms with van der Waals surface area (Å²) >= 11 is 5.99. The van der Waals surface area contributed by atoms with Gasteiger partial charge in [0.05, 0.1) is 0 Å². The van der Waals surface area contributed by atoms with Crippen LogP contribution in [0.5, 0.6) is 0 Å². The lowest BCUT2D eigenvalue weighted by Gasteiger charge is -2.25. The van der Waals surface area contributed by atoms with Gasteiger partial charge in [0.25, 0.3) is 0 Å². The van der Waals surface area contributed by atoms with Gasteiger partial charge in [-0.3, -0.25) is 0 Å². The van der Waals surface area contributed by atoms with Crippen LogP contribution in [-0.4, -0.2) is 5.11 Å². The highest BCUT2D eigenvalue weighted by Crippen LogP contribution is 2.53. The Morgan fingerprint density at radius 2 is 2.05 bits per heavy atom. The first-order valence-electron chi connectivity index (χ1n) is 6.72. The van der Waals surface area contributed by atoms with Gasteiger partial charge in [-0.15, -0.1) is 0 Å². The molecular weight excluding hydrogens is 260 g/mol. The van der Waals surface area contributed by atoms with E-state index >= 15 is 0 Å². The fraction of sp³-hybridized carbons (Fsp3) is 0.500. The number of furan rings is 1. The highest BCUT2D eigenvalue weighted by Gasteiger charge is 2.50. The Morgan fingerprint density at radius 3 is 2.68 bits per heavy atom. The van der Waals surface area contributed by atoms with Crippen molar-refractivity contribution in [2.24, 2.45) is 11.3 Å². The number of rotatable bonds is 1. The average Bonchev–Trinajstić information content (AvgIpc) is 2.78. The third-order valence-corrected chi connectivity index (χ3v) is 4.56. The fourth-order valence-corrected chi connectivity index (χ4v) is 3.71. The average molecular weight is 279 g/mol. The molecule has 3 heteroatoms. The van der Waals surface area contributed by atoms with Crippen LogP contribution in [0.15, 0.2) is 28.7 Å². The molecule has 0 spiro atoms. The molecule has 0 bridgehead atoms. The van der Waals surface area contributed by atoms with Crippen LogP contribution in [0.1, 0.15) is 39.4 Å². The van der Waals surface area contributed by atoms with Crippen molar-refractivity contribution in [3.05, 3.63) is 35.0 Å². The second-order valence-corrected chi connectivity index (χ2v) is 7.10. The van der Waals surface area contributed by atoms with Crippen molar-refractivity contribution in [2.45, 2.75) is 39.2 Å². The number of halogens is 1. The molecule has 2 atom stereocenters. The molecule has 3 rings (SSSR count). The predicted molar refractivity (Wildman–Crippen MR) is 77.3 cm³/mol. The zero-order valence-electron chi connectivity index (χ0n) is 11.5. The summed E-state index contributed by atoms with van der Waals surface area (Å²) in [6.07, 6.45) is 1.73. The summed E-state index contributed by atoms with van der Waals surface area (Å²) in [6.45, 7) is 6.48. The lowest BCUT2D eigenvalue weighted by atomic mass is 9.87. The summed E-state index contributed by atoms with van der Waals surface area (Å²) in [6, 6.07) is 7.47. The maximum atomic E-state index is 11.0. The summed E-state index contributed by atoms with van der Waals surface area (Å²) in [4.78, 5) is 0. The van der Waals surface area contributed by atoms with Crippen LogP contribution in [0.25, 0.3) is 11.0 Å². The van der Waals surface area contributed by atoms with Gasteiger partial charge >= 0.3 is 0 Å². The van der Waals surface area contributed by atoms with Gasteiger partial charge in [-0.25, -0.2) is 0 Å². The third-order valence-electron chi connectivity index (χ3n) is 4.33. The molecule has 102 valence electrons. The Hall–Kier alpha value is -0.990. The Morgan fingerprint density at radius 1 is 1.32 bits per heavy atom. The maximum absolute atomic E-state index is 11.0. The van der Waals surface area contributed by atoms with Gasteiger partial charge < -0.3 is 9.52 Å². The molecule has 0 radical (unpaired) electrons. The summed E-state index contributed by atoms with van der Waals surface area (Å²) in [5.41, 5.74) is 0.0597. The van der Waals surface area contributed by atoms with Crippen molar-refractivity contribution in [2.75, 3.05) is 0 Å². The van der Waals surface area contributed by atoms with Crippen molar-refractivity contribution in [1.82, 2.24) is 0 Å². The molecule has 1 heterocycles. The van der Waals surface area contributed by atoms with Crippen molar-refractivity contribution < 1.29 is 9.52 Å². The molecular formula is C16H19ClO2. The van der Waals surface area contributed by atoms with Gasteiger partial charge in [0, 0.05) is 10.4 Å². The number of benzene rings is 1. The van der Waals surface area contributed by atoms with Crippen LogP contribution in [-0.2, 0) is 5.60 Å². The molecule has 1 fully saturated rings. The van der Waals surface area contributed by atoms with E-state index in [-0.39, 0.29) is 11.3 Å². The van der Waals surface area contributed by atoms with E-state index in [9.17, 15) is 5.11 Å². The SMILES string of the molecule is CC1CC(C)(C)CC1(O)c1cc2cc(Cl)ccc2o1. The van der Waals surface area contributed by atoms with Crippen molar-refractivity contribution in [3.63, 3.8) is 0 Å². The van der Waals surface area contributed by atoms with Gasteiger partial charge in [-0.1, -0.05) is 32.4 Å². The number of aliphatic hydroxyl groups is 1. The quantitative estimate of drug-likeness (QED) is 0.818. The monoisotopic (exact) mass is 278 g/mol. The summed E-state index contributed by atoms with van der Waals surface area (Å²) in [5.74, 6) is 0.862. The number of hydrogen-bond acceptors (Lipinski definition) is 2. The zero-order valence-corrected chi connectivity index (χ0v) is 12.3. The zero-order chi connectivity index (χ0) is 13.8. The van der Waals surface area contributed by atoms with E-state index in [0.29, 0.717) is 10.8 Å². The normalized spacial score (nSPS) is 30.1. The van der Waals surface area contributed by atoms with E-state index < -0.39 is 5.60 Å². The summed E-state index contributed by atoms with van der Waals surface area (Å²) in [5, 5.41) is 12.6. The van der Waals surface area contributed by atoms with E-state index in [0.717, 1.165) is 23.8 Å². The molecule has 1 saturated carbocycles. The molecule has 2 aromatic rings. The smallest absolute Gasteiger partial charge is 0.137 e. The van der Waals surface area contributed by atoms with E-state index in [4.69, 9.17) is 16.0 Å². The lowest BCUT2D eigenvalue weighted by molar-refractivity contribution is -0.0194. The van der Waals surface area contributed by atoms with E-state index in [2.05, 4.69) is 20.8 Å². The van der Waals surface area contributed by atoms with Crippen molar-refractivity contribution in [1.29, 1.82) is 0 Å². The van der Waals surface area contributed by atoms with Gasteiger partial charge in [-0.2, -0.15) is 0 Å². The van der Waals surface area contributed by atoms with Gasteiger partial charge in [0.2, 0.25) is 0 Å². The highest BCUT2D eigenvalue weighted by atomic mass is 35.5. The van der Waals surface area contributed by atoms with Crippen LogP contribution in [0.3, 0.4) is 0 Å². The predicted octanol–water partition coefficient (Wildman–Crippen LogP) is 4.73. The number of hydrogen-bond donors (Lipinski definition) is 1. The lowest BCUT2D eigenvalue weighted by Crippen LogP contribution is -2.28. The van der Waals surface area contributed by atoms with Crippen molar-refractivity contribution in [3.8, 4) is 0 Å². The van der Waals surface area contributed by atoms with Crippen LogP contribution in [0.2, 0.25) is 5.02 Å². The standard InChI is InChI=1S/C16H19ClO2/c1-10-8-15(2,3)9-16(10,18)14-7-11-6-12(17)4-5-13(11)19-14/h4-7,10,18H,8-9H2,1-3H3. The van der Waals surface area contributed by atoms with E-state index in [1.807, 2.05) is 24.3 Å². The fourth-order valence-electron chi connectivity index (χ4n) is 3.53. The van der Waals surface area contributed by atoms with Gasteiger partial charge in [0.1, 0.15) is 16.9 Å². The van der Waals surface area contributed by atoms with Crippen LogP contribution < -0.4 is 0 Å². The van der Waals surface area contributed by atoms with Crippen molar-refractivity contribution >= 4 is 22.6 Å². The van der Waals surface area contributed by atoms with E-state index in [1.54, 1.807) is 0 Å². The highest BCUT2D eigenvalue weighted by molar-refractivity contribution is 6.31. The van der Waals surface area contributed by atoms with Crippen LogP contribution in [0, 0.1) is 11.3 Å². The Balaban J connectivity index is 2.09. The summed E-state index contributed by atoms with van der Waals surface area (Å²) in [7, 11) is 0. The van der Waals surface area contributed by atoms with E-state index in [1.165, 1.54) is 0 Å². The first kappa shape index (κ1) is 13.0. The summed E-state index contributed by atoms with van der Waals surface area (Å²) < 4.78 is 5.87. The second-order valence-electron chi connectivity index (χ2n) is 6.66. The molecule has 1 N–H and O–H groups in total. The second kappa shape index (κ2) is 4.00. The molecule has 19 heavy (non-hydrogen) atoms.